The standard InChI is InChI=1S/C8H8N4.2ClH/c9-7-5-3-1-2-4-6(5)11-8(10)12-7;;/h1-4H,(H4,9,10,11,12);2*1H. The highest BCUT2D eigenvalue weighted by Gasteiger charge is 2.00. The van der Waals surface area contributed by atoms with Gasteiger partial charge >= 0.3 is 0 Å². The largest absolute Gasteiger partial charge is 0.383 e. The number of nitrogens with zero attached hydrogens (tertiary/aromatic N) is 2. The third kappa shape index (κ3) is 2.16. The lowest BCUT2D eigenvalue weighted by molar-refractivity contribution is 1.25. The maximum Gasteiger partial charge on any atom is 0.222 e. The number of para-hydroxylation sites is 1. The first-order valence-electron chi connectivity index (χ1n) is 3.55. The van der Waals surface area contributed by atoms with E-state index in [0.29, 0.717) is 5.82 Å². The molecule has 76 valence electrons. The van der Waals surface area contributed by atoms with Gasteiger partial charge < -0.3 is 11.5 Å². The van der Waals surface area contributed by atoms with Crippen LogP contribution in [0.15, 0.2) is 24.3 Å². The van der Waals surface area contributed by atoms with Crippen molar-refractivity contribution < 1.29 is 0 Å². The second-order valence-electron chi connectivity index (χ2n) is 2.48. The number of halogens is 2. The fraction of sp³-hybridized carbons (Fsp3) is 0. The molecule has 2 rings (SSSR count). The van der Waals surface area contributed by atoms with Crippen LogP contribution in [-0.2, 0) is 0 Å². The van der Waals surface area contributed by atoms with Crippen molar-refractivity contribution in [3.8, 4) is 0 Å². The van der Waals surface area contributed by atoms with Crippen LogP contribution in [0.1, 0.15) is 0 Å². The molecule has 0 bridgehead atoms. The molecule has 0 radical (unpaired) electrons. The minimum absolute atomic E-state index is 0. The summed E-state index contributed by atoms with van der Waals surface area (Å²) in [6.45, 7) is 0. The van der Waals surface area contributed by atoms with E-state index >= 15 is 0 Å². The molecular formula is C8H10Cl2N4. The molecule has 0 aliphatic carbocycles. The second kappa shape index (κ2) is 4.83. The first kappa shape index (κ1) is 12.7. The quantitative estimate of drug-likeness (QED) is 0.724. The average molecular weight is 233 g/mol. The van der Waals surface area contributed by atoms with Crippen molar-refractivity contribution >= 4 is 47.5 Å². The Bertz CT molecular complexity index is 433. The second-order valence-corrected chi connectivity index (χ2v) is 2.48. The lowest BCUT2D eigenvalue weighted by atomic mass is 10.2. The van der Waals surface area contributed by atoms with Crippen molar-refractivity contribution in [3.05, 3.63) is 24.3 Å². The van der Waals surface area contributed by atoms with E-state index in [0.717, 1.165) is 10.9 Å². The Morgan fingerprint density at radius 3 is 2.29 bits per heavy atom. The molecule has 4 N–H and O–H groups in total. The summed E-state index contributed by atoms with van der Waals surface area (Å²) in [4.78, 5) is 7.87. The molecule has 0 aliphatic rings. The van der Waals surface area contributed by atoms with Gasteiger partial charge in [0, 0.05) is 5.39 Å². The number of hydrogen-bond acceptors (Lipinski definition) is 4. The molecule has 0 saturated heterocycles. The summed E-state index contributed by atoms with van der Waals surface area (Å²) in [6, 6.07) is 7.49. The van der Waals surface area contributed by atoms with E-state index in [1.54, 1.807) is 0 Å². The number of anilines is 2. The van der Waals surface area contributed by atoms with Gasteiger partial charge in [-0.2, -0.15) is 4.98 Å². The molecule has 0 atom stereocenters. The number of fused-ring (bicyclic) bond motifs is 1. The zero-order valence-electron chi connectivity index (χ0n) is 7.18. The van der Waals surface area contributed by atoms with Gasteiger partial charge in [-0.05, 0) is 12.1 Å². The summed E-state index contributed by atoms with van der Waals surface area (Å²) >= 11 is 0. The molecule has 14 heavy (non-hydrogen) atoms. The lowest BCUT2D eigenvalue weighted by Crippen LogP contribution is -1.99. The maximum atomic E-state index is 5.63. The number of aromatic nitrogens is 2. The molecule has 0 amide bonds. The molecule has 0 saturated carbocycles. The number of benzene rings is 1. The predicted molar refractivity (Wildman–Crippen MR) is 62.9 cm³/mol. The molecule has 0 unspecified atom stereocenters. The minimum atomic E-state index is 0. The van der Waals surface area contributed by atoms with E-state index in [4.69, 9.17) is 11.5 Å². The number of rotatable bonds is 0. The third-order valence-corrected chi connectivity index (χ3v) is 1.65. The van der Waals surface area contributed by atoms with E-state index in [1.165, 1.54) is 0 Å². The first-order chi connectivity index (χ1) is 5.77. The van der Waals surface area contributed by atoms with Gasteiger partial charge in [0.2, 0.25) is 5.95 Å². The molecule has 1 heterocycles. The summed E-state index contributed by atoms with van der Waals surface area (Å²) in [5.74, 6) is 0.643. The van der Waals surface area contributed by atoms with Gasteiger partial charge in [-0.1, -0.05) is 12.1 Å². The average Bonchev–Trinajstić information content (AvgIpc) is 2.04. The van der Waals surface area contributed by atoms with Crippen LogP contribution >= 0.6 is 24.8 Å². The summed E-state index contributed by atoms with van der Waals surface area (Å²) in [5, 5.41) is 0.840. The van der Waals surface area contributed by atoms with Crippen LogP contribution in [0.5, 0.6) is 0 Å². The Kier molecular flexibility index (Phi) is 4.40. The van der Waals surface area contributed by atoms with E-state index in [9.17, 15) is 0 Å². The Morgan fingerprint density at radius 2 is 1.57 bits per heavy atom. The van der Waals surface area contributed by atoms with Crippen molar-refractivity contribution in [1.82, 2.24) is 9.97 Å². The van der Waals surface area contributed by atoms with Gasteiger partial charge in [0.15, 0.2) is 0 Å². The van der Waals surface area contributed by atoms with Crippen LogP contribution in [0.25, 0.3) is 10.9 Å². The number of nitrogen functional groups attached to an aromatic ring is 2. The van der Waals surface area contributed by atoms with Crippen LogP contribution in [-0.4, -0.2) is 9.97 Å². The number of nitrogens with two attached hydrogens (primary N) is 2. The van der Waals surface area contributed by atoms with E-state index in [-0.39, 0.29) is 30.8 Å². The van der Waals surface area contributed by atoms with Gasteiger partial charge in [0.1, 0.15) is 5.82 Å². The van der Waals surface area contributed by atoms with Crippen LogP contribution < -0.4 is 11.5 Å². The van der Waals surface area contributed by atoms with Gasteiger partial charge in [-0.3, -0.25) is 0 Å². The molecule has 0 fully saturated rings. The summed E-state index contributed by atoms with van der Waals surface area (Å²) < 4.78 is 0. The summed E-state index contributed by atoms with van der Waals surface area (Å²) in [7, 11) is 0. The predicted octanol–water partition coefficient (Wildman–Crippen LogP) is 1.64. The molecule has 4 nitrogen and oxygen atoms in total. The van der Waals surface area contributed by atoms with E-state index < -0.39 is 0 Å². The summed E-state index contributed by atoms with van der Waals surface area (Å²) in [6.07, 6.45) is 0. The van der Waals surface area contributed by atoms with Crippen molar-refractivity contribution in [3.63, 3.8) is 0 Å². The zero-order valence-corrected chi connectivity index (χ0v) is 8.81. The van der Waals surface area contributed by atoms with E-state index in [2.05, 4.69) is 9.97 Å². The lowest BCUT2D eigenvalue weighted by Gasteiger charge is -2.00. The van der Waals surface area contributed by atoms with Crippen LogP contribution in [0, 0.1) is 0 Å². The molecule has 1 aromatic carbocycles. The summed E-state index contributed by atoms with van der Waals surface area (Å²) in [5.41, 5.74) is 11.8. The highest BCUT2D eigenvalue weighted by Crippen LogP contribution is 2.17. The SMILES string of the molecule is Cl.Cl.Nc1nc(N)c2ccccc2n1. The van der Waals surface area contributed by atoms with Crippen LogP contribution in [0.3, 0.4) is 0 Å². The van der Waals surface area contributed by atoms with E-state index in [1.807, 2.05) is 24.3 Å². The molecular weight excluding hydrogens is 223 g/mol. The van der Waals surface area contributed by atoms with Gasteiger partial charge in [0.25, 0.3) is 0 Å². The highest BCUT2D eigenvalue weighted by atomic mass is 35.5. The molecule has 0 aliphatic heterocycles. The van der Waals surface area contributed by atoms with Gasteiger partial charge in [0.05, 0.1) is 5.52 Å². The maximum absolute atomic E-state index is 5.63. The monoisotopic (exact) mass is 232 g/mol. The first-order valence-corrected chi connectivity index (χ1v) is 3.55. The fourth-order valence-corrected chi connectivity index (χ4v) is 1.12. The van der Waals surface area contributed by atoms with Crippen molar-refractivity contribution in [1.29, 1.82) is 0 Å². The molecule has 2 aromatic rings. The van der Waals surface area contributed by atoms with Crippen LogP contribution in [0.4, 0.5) is 11.8 Å². The Balaban J connectivity index is 0.000000845. The molecule has 0 spiro atoms. The minimum Gasteiger partial charge on any atom is -0.383 e. The van der Waals surface area contributed by atoms with Crippen molar-refractivity contribution in [2.45, 2.75) is 0 Å². The van der Waals surface area contributed by atoms with Gasteiger partial charge in [-0.15, -0.1) is 24.8 Å². The Hall–Kier alpha value is -1.26. The zero-order chi connectivity index (χ0) is 8.55. The van der Waals surface area contributed by atoms with Crippen molar-refractivity contribution in [2.75, 3.05) is 11.5 Å². The topological polar surface area (TPSA) is 77.8 Å². The normalized spacial score (nSPS) is 8.86. The highest BCUT2D eigenvalue weighted by molar-refractivity contribution is 5.88. The third-order valence-electron chi connectivity index (χ3n) is 1.65. The Labute approximate surface area is 93.5 Å². The number of hydrogen-bond donors (Lipinski definition) is 2. The van der Waals surface area contributed by atoms with Gasteiger partial charge in [-0.25, -0.2) is 4.98 Å². The fourth-order valence-electron chi connectivity index (χ4n) is 1.12. The van der Waals surface area contributed by atoms with Crippen LogP contribution in [0.2, 0.25) is 0 Å². The smallest absolute Gasteiger partial charge is 0.222 e. The Morgan fingerprint density at radius 1 is 0.929 bits per heavy atom. The van der Waals surface area contributed by atoms with Crippen molar-refractivity contribution in [2.24, 2.45) is 0 Å². The molecule has 1 aromatic heterocycles. The molecule has 6 heteroatoms.